The Kier molecular flexibility index (Phi) is 5.18. The molecule has 1 atom stereocenters. The van der Waals surface area contributed by atoms with Gasteiger partial charge >= 0.3 is 0 Å². The maximum atomic E-state index is 10.5. The van der Waals surface area contributed by atoms with Crippen molar-refractivity contribution in [3.63, 3.8) is 0 Å². The molecule has 0 spiro atoms. The lowest BCUT2D eigenvalue weighted by Gasteiger charge is -2.12. The first-order valence-corrected chi connectivity index (χ1v) is 5.52. The van der Waals surface area contributed by atoms with E-state index >= 15 is 0 Å². The van der Waals surface area contributed by atoms with Crippen LogP contribution < -0.4 is 5.32 Å². The van der Waals surface area contributed by atoms with E-state index in [4.69, 9.17) is 0 Å². The summed E-state index contributed by atoms with van der Waals surface area (Å²) >= 11 is 0. The van der Waals surface area contributed by atoms with E-state index in [9.17, 15) is 10.1 Å². The molecule has 0 aromatic heterocycles. The number of nitro benzene ring substituents is 1. The maximum Gasteiger partial charge on any atom is 0.269 e. The van der Waals surface area contributed by atoms with Crippen molar-refractivity contribution in [2.75, 3.05) is 6.54 Å². The van der Waals surface area contributed by atoms with E-state index in [2.05, 4.69) is 17.2 Å². The van der Waals surface area contributed by atoms with Crippen molar-refractivity contribution in [2.24, 2.45) is 0 Å². The van der Waals surface area contributed by atoms with Gasteiger partial charge in [-0.15, -0.1) is 11.8 Å². The quantitative estimate of drug-likeness (QED) is 0.367. The van der Waals surface area contributed by atoms with E-state index in [1.807, 2.05) is 13.8 Å². The topological polar surface area (TPSA) is 55.2 Å². The molecule has 4 heteroatoms. The molecule has 0 radical (unpaired) electrons. The minimum absolute atomic E-state index is 0.123. The van der Waals surface area contributed by atoms with Crippen molar-refractivity contribution >= 4 is 5.69 Å². The van der Waals surface area contributed by atoms with Gasteiger partial charge in [-0.1, -0.05) is 12.1 Å². The van der Waals surface area contributed by atoms with Gasteiger partial charge in [0.15, 0.2) is 0 Å². The SMILES string of the molecule is CC#CCCNC(C)c1ccc([N+](=O)[O-])cc1. The van der Waals surface area contributed by atoms with E-state index < -0.39 is 4.92 Å². The summed E-state index contributed by atoms with van der Waals surface area (Å²) in [5, 5.41) is 13.8. The summed E-state index contributed by atoms with van der Waals surface area (Å²) in [6.45, 7) is 4.67. The highest BCUT2D eigenvalue weighted by molar-refractivity contribution is 5.34. The second-order valence-corrected chi connectivity index (χ2v) is 3.70. The van der Waals surface area contributed by atoms with Crippen molar-refractivity contribution in [3.05, 3.63) is 39.9 Å². The van der Waals surface area contributed by atoms with Gasteiger partial charge in [0.1, 0.15) is 0 Å². The maximum absolute atomic E-state index is 10.5. The number of nitro groups is 1. The van der Waals surface area contributed by atoms with Crippen LogP contribution in [0.15, 0.2) is 24.3 Å². The molecule has 0 fully saturated rings. The molecule has 1 unspecified atom stereocenters. The van der Waals surface area contributed by atoms with Crippen molar-refractivity contribution in [3.8, 4) is 11.8 Å². The molecule has 0 aliphatic rings. The molecule has 0 saturated heterocycles. The monoisotopic (exact) mass is 232 g/mol. The molecule has 90 valence electrons. The number of nitrogens with zero attached hydrogens (tertiary/aromatic N) is 1. The third-order valence-corrected chi connectivity index (χ3v) is 2.48. The van der Waals surface area contributed by atoms with E-state index in [1.165, 1.54) is 12.1 Å². The minimum atomic E-state index is -0.390. The smallest absolute Gasteiger partial charge is 0.269 e. The molecule has 0 heterocycles. The first-order valence-electron chi connectivity index (χ1n) is 5.52. The fraction of sp³-hybridized carbons (Fsp3) is 0.385. The van der Waals surface area contributed by atoms with Gasteiger partial charge in [0, 0.05) is 31.1 Å². The average Bonchev–Trinajstić information content (AvgIpc) is 2.34. The molecule has 1 aromatic carbocycles. The number of non-ortho nitro benzene ring substituents is 1. The minimum Gasteiger partial charge on any atom is -0.309 e. The van der Waals surface area contributed by atoms with Gasteiger partial charge in [-0.25, -0.2) is 0 Å². The molecular formula is C13H16N2O2. The summed E-state index contributed by atoms with van der Waals surface area (Å²) in [5.41, 5.74) is 1.16. The summed E-state index contributed by atoms with van der Waals surface area (Å²) in [4.78, 5) is 10.1. The lowest BCUT2D eigenvalue weighted by atomic mass is 10.1. The number of rotatable bonds is 5. The summed E-state index contributed by atoms with van der Waals surface area (Å²) in [6.07, 6.45) is 0.813. The van der Waals surface area contributed by atoms with Crippen LogP contribution >= 0.6 is 0 Å². The average molecular weight is 232 g/mol. The fourth-order valence-corrected chi connectivity index (χ4v) is 1.48. The van der Waals surface area contributed by atoms with Crippen LogP contribution in [0.4, 0.5) is 5.69 Å². The summed E-state index contributed by atoms with van der Waals surface area (Å²) in [7, 11) is 0. The Bertz CT molecular complexity index is 429. The predicted molar refractivity (Wildman–Crippen MR) is 67.6 cm³/mol. The Morgan fingerprint density at radius 3 is 2.59 bits per heavy atom. The third-order valence-electron chi connectivity index (χ3n) is 2.48. The second-order valence-electron chi connectivity index (χ2n) is 3.70. The van der Waals surface area contributed by atoms with E-state index in [-0.39, 0.29) is 11.7 Å². The molecular weight excluding hydrogens is 216 g/mol. The van der Waals surface area contributed by atoms with Crippen molar-refractivity contribution in [2.45, 2.75) is 26.3 Å². The lowest BCUT2D eigenvalue weighted by molar-refractivity contribution is -0.384. The normalized spacial score (nSPS) is 11.4. The van der Waals surface area contributed by atoms with Crippen molar-refractivity contribution in [1.82, 2.24) is 5.32 Å². The molecule has 1 aromatic rings. The van der Waals surface area contributed by atoms with Gasteiger partial charge in [-0.2, -0.15) is 0 Å². The highest BCUT2D eigenvalue weighted by Crippen LogP contribution is 2.17. The zero-order chi connectivity index (χ0) is 12.7. The summed E-state index contributed by atoms with van der Waals surface area (Å²) in [6, 6.07) is 6.79. The lowest BCUT2D eigenvalue weighted by Crippen LogP contribution is -2.19. The van der Waals surface area contributed by atoms with E-state index in [1.54, 1.807) is 12.1 Å². The number of hydrogen-bond donors (Lipinski definition) is 1. The highest BCUT2D eigenvalue weighted by atomic mass is 16.6. The molecule has 1 rings (SSSR count). The Labute approximate surface area is 101 Å². The van der Waals surface area contributed by atoms with Gasteiger partial charge in [-0.3, -0.25) is 10.1 Å². The van der Waals surface area contributed by atoms with Crippen LogP contribution in [0.2, 0.25) is 0 Å². The van der Waals surface area contributed by atoms with Gasteiger partial charge in [0.2, 0.25) is 0 Å². The van der Waals surface area contributed by atoms with Crippen LogP contribution in [0, 0.1) is 22.0 Å². The van der Waals surface area contributed by atoms with Crippen LogP contribution in [-0.4, -0.2) is 11.5 Å². The standard InChI is InChI=1S/C13H16N2O2/c1-3-4-5-10-14-11(2)12-6-8-13(9-7-12)15(16)17/h6-9,11,14H,5,10H2,1-2H3. The fourth-order valence-electron chi connectivity index (χ4n) is 1.48. The van der Waals surface area contributed by atoms with Crippen LogP contribution in [0.3, 0.4) is 0 Å². The molecule has 0 aliphatic heterocycles. The Hall–Kier alpha value is -1.86. The molecule has 0 saturated carbocycles. The number of hydrogen-bond acceptors (Lipinski definition) is 3. The van der Waals surface area contributed by atoms with Crippen molar-refractivity contribution < 1.29 is 4.92 Å². The largest absolute Gasteiger partial charge is 0.309 e. The zero-order valence-electron chi connectivity index (χ0n) is 10.1. The number of nitrogens with one attached hydrogen (secondary N) is 1. The number of benzene rings is 1. The molecule has 4 nitrogen and oxygen atoms in total. The highest BCUT2D eigenvalue weighted by Gasteiger charge is 2.07. The predicted octanol–water partition coefficient (Wildman–Crippen LogP) is 2.66. The molecule has 0 aliphatic carbocycles. The molecule has 17 heavy (non-hydrogen) atoms. The van der Waals surface area contributed by atoms with Gasteiger partial charge in [0.05, 0.1) is 4.92 Å². The third kappa shape index (κ3) is 4.25. The van der Waals surface area contributed by atoms with Gasteiger partial charge < -0.3 is 5.32 Å². The molecule has 0 amide bonds. The Morgan fingerprint density at radius 2 is 2.06 bits per heavy atom. The first-order chi connectivity index (χ1) is 8.15. The Balaban J connectivity index is 2.53. The van der Waals surface area contributed by atoms with Crippen LogP contribution in [-0.2, 0) is 0 Å². The van der Waals surface area contributed by atoms with Crippen LogP contribution in [0.5, 0.6) is 0 Å². The van der Waals surface area contributed by atoms with Gasteiger partial charge in [-0.05, 0) is 19.4 Å². The van der Waals surface area contributed by atoms with Gasteiger partial charge in [0.25, 0.3) is 5.69 Å². The van der Waals surface area contributed by atoms with E-state index in [0.717, 1.165) is 18.5 Å². The summed E-state index contributed by atoms with van der Waals surface area (Å²) < 4.78 is 0. The summed E-state index contributed by atoms with van der Waals surface area (Å²) in [5.74, 6) is 5.81. The molecule has 0 bridgehead atoms. The molecule has 1 N–H and O–H groups in total. The van der Waals surface area contributed by atoms with Crippen LogP contribution in [0.1, 0.15) is 31.9 Å². The first kappa shape index (κ1) is 13.2. The van der Waals surface area contributed by atoms with E-state index in [0.29, 0.717) is 0 Å². The Morgan fingerprint density at radius 1 is 1.41 bits per heavy atom. The van der Waals surface area contributed by atoms with Crippen molar-refractivity contribution in [1.29, 1.82) is 0 Å². The second kappa shape index (κ2) is 6.66. The van der Waals surface area contributed by atoms with Crippen LogP contribution in [0.25, 0.3) is 0 Å². The zero-order valence-corrected chi connectivity index (χ0v) is 10.1.